The van der Waals surface area contributed by atoms with Crippen LogP contribution in [0.3, 0.4) is 0 Å². The number of hydrogen-bond acceptors (Lipinski definition) is 2. The Bertz CT molecular complexity index is 305. The predicted molar refractivity (Wildman–Crippen MR) is 52.3 cm³/mol. The van der Waals surface area contributed by atoms with Gasteiger partial charge in [0.05, 0.1) is 0 Å². The monoisotopic (exact) mass is 199 g/mol. The number of hydrogen-bond donors (Lipinski definition) is 2. The SMILES string of the molecule is Cc1cc(Cl)cc(NCC(=O)O)c1. The fourth-order valence-corrected chi connectivity index (χ4v) is 1.31. The molecule has 0 amide bonds. The van der Waals surface area contributed by atoms with E-state index in [2.05, 4.69) is 5.32 Å². The topological polar surface area (TPSA) is 49.3 Å². The van der Waals surface area contributed by atoms with Gasteiger partial charge in [-0.25, -0.2) is 0 Å². The summed E-state index contributed by atoms with van der Waals surface area (Å²) in [6.07, 6.45) is 0. The highest BCUT2D eigenvalue weighted by molar-refractivity contribution is 6.30. The Labute approximate surface area is 81.3 Å². The Morgan fingerprint density at radius 3 is 2.77 bits per heavy atom. The first kappa shape index (κ1) is 9.86. The van der Waals surface area contributed by atoms with E-state index in [1.54, 1.807) is 6.07 Å². The Morgan fingerprint density at radius 2 is 2.23 bits per heavy atom. The Hall–Kier alpha value is -1.22. The van der Waals surface area contributed by atoms with E-state index in [4.69, 9.17) is 16.7 Å². The van der Waals surface area contributed by atoms with Gasteiger partial charge in [-0.15, -0.1) is 0 Å². The molecule has 3 nitrogen and oxygen atoms in total. The van der Waals surface area contributed by atoms with Gasteiger partial charge >= 0.3 is 5.97 Å². The average molecular weight is 200 g/mol. The zero-order chi connectivity index (χ0) is 9.84. The molecule has 1 rings (SSSR count). The summed E-state index contributed by atoms with van der Waals surface area (Å²) in [6.45, 7) is 1.80. The highest BCUT2D eigenvalue weighted by Crippen LogP contribution is 2.17. The van der Waals surface area contributed by atoms with E-state index in [1.165, 1.54) is 0 Å². The van der Waals surface area contributed by atoms with Crippen LogP contribution in [-0.2, 0) is 4.79 Å². The van der Waals surface area contributed by atoms with Crippen molar-refractivity contribution in [1.29, 1.82) is 0 Å². The van der Waals surface area contributed by atoms with Crippen molar-refractivity contribution < 1.29 is 9.90 Å². The lowest BCUT2D eigenvalue weighted by Gasteiger charge is -2.04. The molecule has 0 aliphatic carbocycles. The molecule has 0 aromatic heterocycles. The molecule has 13 heavy (non-hydrogen) atoms. The van der Waals surface area contributed by atoms with Crippen LogP contribution >= 0.6 is 11.6 Å². The van der Waals surface area contributed by atoms with Gasteiger partial charge in [0.15, 0.2) is 0 Å². The molecule has 0 aliphatic rings. The van der Waals surface area contributed by atoms with E-state index in [-0.39, 0.29) is 6.54 Å². The second-order valence-electron chi connectivity index (χ2n) is 2.76. The minimum atomic E-state index is -0.891. The number of halogens is 1. The molecule has 2 N–H and O–H groups in total. The molecule has 0 saturated carbocycles. The lowest BCUT2D eigenvalue weighted by molar-refractivity contribution is -0.134. The Kier molecular flexibility index (Phi) is 3.14. The molecule has 1 aromatic carbocycles. The van der Waals surface area contributed by atoms with Crippen LogP contribution in [0.5, 0.6) is 0 Å². The lowest BCUT2D eigenvalue weighted by atomic mass is 10.2. The van der Waals surface area contributed by atoms with Gasteiger partial charge in [0.2, 0.25) is 0 Å². The zero-order valence-electron chi connectivity index (χ0n) is 7.17. The first-order chi connectivity index (χ1) is 6.08. The molecule has 0 spiro atoms. The zero-order valence-corrected chi connectivity index (χ0v) is 7.93. The van der Waals surface area contributed by atoms with Crippen molar-refractivity contribution in [1.82, 2.24) is 0 Å². The number of rotatable bonds is 3. The highest BCUT2D eigenvalue weighted by Gasteiger charge is 1.98. The van der Waals surface area contributed by atoms with Crippen molar-refractivity contribution in [3.8, 4) is 0 Å². The second kappa shape index (κ2) is 4.14. The number of aliphatic carboxylic acids is 1. The number of nitrogens with one attached hydrogen (secondary N) is 1. The molecule has 70 valence electrons. The van der Waals surface area contributed by atoms with Crippen LogP contribution < -0.4 is 5.32 Å². The molecule has 4 heteroatoms. The standard InChI is InChI=1S/C9H10ClNO2/c1-6-2-7(10)4-8(3-6)11-5-9(12)13/h2-4,11H,5H2,1H3,(H,12,13). The van der Waals surface area contributed by atoms with Gasteiger partial charge in [-0.1, -0.05) is 11.6 Å². The Balaban J connectivity index is 2.71. The summed E-state index contributed by atoms with van der Waals surface area (Å²) < 4.78 is 0. The van der Waals surface area contributed by atoms with E-state index in [0.29, 0.717) is 5.02 Å². The lowest BCUT2D eigenvalue weighted by Crippen LogP contribution is -2.12. The van der Waals surface area contributed by atoms with Crippen LogP contribution in [0.1, 0.15) is 5.56 Å². The van der Waals surface area contributed by atoms with Crippen molar-refractivity contribution in [3.63, 3.8) is 0 Å². The van der Waals surface area contributed by atoms with Crippen LogP contribution in [0.25, 0.3) is 0 Å². The molecule has 0 bridgehead atoms. The van der Waals surface area contributed by atoms with E-state index in [9.17, 15) is 4.79 Å². The molecule has 0 fully saturated rings. The fraction of sp³-hybridized carbons (Fsp3) is 0.222. The minimum absolute atomic E-state index is 0.0974. The Morgan fingerprint density at radius 1 is 1.54 bits per heavy atom. The third-order valence-electron chi connectivity index (χ3n) is 1.49. The molecular formula is C9H10ClNO2. The van der Waals surface area contributed by atoms with Gasteiger partial charge in [0, 0.05) is 10.7 Å². The maximum Gasteiger partial charge on any atom is 0.322 e. The highest BCUT2D eigenvalue weighted by atomic mass is 35.5. The number of carboxylic acid groups (broad SMARTS) is 1. The molecule has 0 atom stereocenters. The third kappa shape index (κ3) is 3.34. The summed E-state index contributed by atoms with van der Waals surface area (Å²) in [6, 6.07) is 5.35. The van der Waals surface area contributed by atoms with Gasteiger partial charge in [0.25, 0.3) is 0 Å². The van der Waals surface area contributed by atoms with Crippen molar-refractivity contribution in [2.75, 3.05) is 11.9 Å². The first-order valence-electron chi connectivity index (χ1n) is 3.81. The van der Waals surface area contributed by atoms with Crippen LogP contribution in [0.4, 0.5) is 5.69 Å². The summed E-state index contributed by atoms with van der Waals surface area (Å²) in [5, 5.41) is 11.8. The number of carbonyl (C=O) groups is 1. The average Bonchev–Trinajstić information content (AvgIpc) is 1.99. The normalized spacial score (nSPS) is 9.69. The number of anilines is 1. The van der Waals surface area contributed by atoms with Crippen LogP contribution in [0, 0.1) is 6.92 Å². The summed E-state index contributed by atoms with van der Waals surface area (Å²) >= 11 is 5.78. The summed E-state index contributed by atoms with van der Waals surface area (Å²) in [4.78, 5) is 10.2. The van der Waals surface area contributed by atoms with Crippen LogP contribution in [0.2, 0.25) is 5.02 Å². The molecule has 0 radical (unpaired) electrons. The largest absolute Gasteiger partial charge is 0.480 e. The number of benzene rings is 1. The van der Waals surface area contributed by atoms with Gasteiger partial charge in [-0.05, 0) is 30.7 Å². The van der Waals surface area contributed by atoms with Gasteiger partial charge < -0.3 is 10.4 Å². The van der Waals surface area contributed by atoms with Crippen molar-refractivity contribution in [2.24, 2.45) is 0 Å². The van der Waals surface area contributed by atoms with Crippen LogP contribution in [-0.4, -0.2) is 17.6 Å². The number of aryl methyl sites for hydroxylation is 1. The van der Waals surface area contributed by atoms with E-state index >= 15 is 0 Å². The molecule has 0 aliphatic heterocycles. The van der Waals surface area contributed by atoms with E-state index < -0.39 is 5.97 Å². The maximum atomic E-state index is 10.2. The second-order valence-corrected chi connectivity index (χ2v) is 3.20. The first-order valence-corrected chi connectivity index (χ1v) is 4.18. The molecule has 0 saturated heterocycles. The van der Waals surface area contributed by atoms with Crippen molar-refractivity contribution in [2.45, 2.75) is 6.92 Å². The number of carboxylic acids is 1. The molecule has 0 heterocycles. The van der Waals surface area contributed by atoms with Gasteiger partial charge in [0.1, 0.15) is 6.54 Å². The van der Waals surface area contributed by atoms with Crippen molar-refractivity contribution in [3.05, 3.63) is 28.8 Å². The van der Waals surface area contributed by atoms with Gasteiger partial charge in [-0.2, -0.15) is 0 Å². The van der Waals surface area contributed by atoms with Crippen LogP contribution in [0.15, 0.2) is 18.2 Å². The summed E-state index contributed by atoms with van der Waals surface area (Å²) in [5.41, 5.74) is 1.73. The minimum Gasteiger partial charge on any atom is -0.480 e. The maximum absolute atomic E-state index is 10.2. The smallest absolute Gasteiger partial charge is 0.322 e. The molecule has 1 aromatic rings. The quantitative estimate of drug-likeness (QED) is 0.784. The van der Waals surface area contributed by atoms with E-state index in [0.717, 1.165) is 11.3 Å². The third-order valence-corrected chi connectivity index (χ3v) is 1.70. The predicted octanol–water partition coefficient (Wildman–Crippen LogP) is 2.14. The molecule has 0 unspecified atom stereocenters. The summed E-state index contributed by atoms with van der Waals surface area (Å²) in [5.74, 6) is -0.891. The molecular weight excluding hydrogens is 190 g/mol. The van der Waals surface area contributed by atoms with E-state index in [1.807, 2.05) is 19.1 Å². The summed E-state index contributed by atoms with van der Waals surface area (Å²) in [7, 11) is 0. The van der Waals surface area contributed by atoms with Gasteiger partial charge in [-0.3, -0.25) is 4.79 Å². The fourth-order valence-electron chi connectivity index (χ4n) is 1.02. The van der Waals surface area contributed by atoms with Crippen molar-refractivity contribution >= 4 is 23.3 Å².